The molecule has 1 fully saturated rings. The molecule has 0 spiro atoms. The predicted octanol–water partition coefficient (Wildman–Crippen LogP) is 1.44. The molecule has 5 nitrogen and oxygen atoms in total. The van der Waals surface area contributed by atoms with Gasteiger partial charge in [-0.15, -0.1) is 0 Å². The maximum atomic E-state index is 11.7. The average molecular weight is 263 g/mol. The Hall–Kier alpha value is -2.04. The third-order valence-corrected chi connectivity index (χ3v) is 3.21. The zero-order valence-electron chi connectivity index (χ0n) is 10.6. The number of amides is 1. The van der Waals surface area contributed by atoms with E-state index in [1.165, 1.54) is 0 Å². The summed E-state index contributed by atoms with van der Waals surface area (Å²) in [6.07, 6.45) is 1.53. The van der Waals surface area contributed by atoms with Gasteiger partial charge in [0, 0.05) is 6.54 Å². The van der Waals surface area contributed by atoms with Gasteiger partial charge >= 0.3 is 5.97 Å². The molecule has 0 heterocycles. The SMILES string of the molecule is O=C(O)C1(C(=O)NCCCOc2ccccc2)CC1. The Morgan fingerprint density at radius 2 is 1.95 bits per heavy atom. The molecule has 0 aliphatic heterocycles. The zero-order valence-corrected chi connectivity index (χ0v) is 10.6. The molecule has 1 aliphatic carbocycles. The van der Waals surface area contributed by atoms with Crippen molar-refractivity contribution in [2.75, 3.05) is 13.2 Å². The van der Waals surface area contributed by atoms with Crippen molar-refractivity contribution in [3.8, 4) is 5.75 Å². The summed E-state index contributed by atoms with van der Waals surface area (Å²) in [5.41, 5.74) is -1.15. The fourth-order valence-electron chi connectivity index (χ4n) is 1.81. The van der Waals surface area contributed by atoms with E-state index >= 15 is 0 Å². The first-order valence-electron chi connectivity index (χ1n) is 6.35. The molecule has 1 aromatic rings. The highest BCUT2D eigenvalue weighted by Crippen LogP contribution is 2.45. The van der Waals surface area contributed by atoms with E-state index in [2.05, 4.69) is 5.32 Å². The standard InChI is InChI=1S/C14H17NO4/c16-12(14(7-8-14)13(17)18)15-9-4-10-19-11-5-2-1-3-6-11/h1-3,5-6H,4,7-10H2,(H,15,16)(H,17,18). The lowest BCUT2D eigenvalue weighted by Crippen LogP contribution is -2.37. The molecular formula is C14H17NO4. The maximum Gasteiger partial charge on any atom is 0.319 e. The van der Waals surface area contributed by atoms with Crippen molar-refractivity contribution < 1.29 is 19.4 Å². The van der Waals surface area contributed by atoms with Crippen molar-refractivity contribution in [2.24, 2.45) is 5.41 Å². The second-order valence-corrected chi connectivity index (χ2v) is 4.66. The van der Waals surface area contributed by atoms with Crippen molar-refractivity contribution >= 4 is 11.9 Å². The highest BCUT2D eigenvalue weighted by Gasteiger charge is 2.56. The maximum absolute atomic E-state index is 11.7. The van der Waals surface area contributed by atoms with Crippen LogP contribution in [0.2, 0.25) is 0 Å². The number of carboxylic acid groups (broad SMARTS) is 1. The highest BCUT2D eigenvalue weighted by atomic mass is 16.5. The van der Waals surface area contributed by atoms with Crippen LogP contribution >= 0.6 is 0 Å². The van der Waals surface area contributed by atoms with E-state index in [9.17, 15) is 9.59 Å². The summed E-state index contributed by atoms with van der Waals surface area (Å²) in [5, 5.41) is 11.6. The first kappa shape index (κ1) is 13.4. The van der Waals surface area contributed by atoms with Crippen LogP contribution in [0, 0.1) is 5.41 Å². The van der Waals surface area contributed by atoms with Gasteiger partial charge in [-0.3, -0.25) is 9.59 Å². The topological polar surface area (TPSA) is 75.6 Å². The quantitative estimate of drug-likeness (QED) is 0.576. The second kappa shape index (κ2) is 5.73. The Morgan fingerprint density at radius 1 is 1.26 bits per heavy atom. The average Bonchev–Trinajstić information content (AvgIpc) is 3.21. The summed E-state index contributed by atoms with van der Waals surface area (Å²) >= 11 is 0. The van der Waals surface area contributed by atoms with Gasteiger partial charge in [-0.2, -0.15) is 0 Å². The van der Waals surface area contributed by atoms with Gasteiger partial charge in [-0.1, -0.05) is 18.2 Å². The van der Waals surface area contributed by atoms with Gasteiger partial charge in [0.1, 0.15) is 11.2 Å². The lowest BCUT2D eigenvalue weighted by atomic mass is 10.1. The first-order chi connectivity index (χ1) is 9.15. The first-order valence-corrected chi connectivity index (χ1v) is 6.35. The van der Waals surface area contributed by atoms with Gasteiger partial charge in [0.25, 0.3) is 0 Å². The smallest absolute Gasteiger partial charge is 0.319 e. The fraction of sp³-hybridized carbons (Fsp3) is 0.429. The summed E-state index contributed by atoms with van der Waals surface area (Å²) in [7, 11) is 0. The summed E-state index contributed by atoms with van der Waals surface area (Å²) in [4.78, 5) is 22.6. The molecule has 0 saturated heterocycles. The minimum Gasteiger partial charge on any atom is -0.494 e. The molecule has 0 bridgehead atoms. The number of benzene rings is 1. The summed E-state index contributed by atoms with van der Waals surface area (Å²) in [5.74, 6) is -0.608. The van der Waals surface area contributed by atoms with Crippen molar-refractivity contribution in [3.63, 3.8) is 0 Å². The molecular weight excluding hydrogens is 246 g/mol. The molecule has 1 amide bonds. The van der Waals surface area contributed by atoms with E-state index < -0.39 is 11.4 Å². The van der Waals surface area contributed by atoms with E-state index in [-0.39, 0.29) is 5.91 Å². The molecule has 0 atom stereocenters. The highest BCUT2D eigenvalue weighted by molar-refractivity contribution is 6.04. The Kier molecular flexibility index (Phi) is 4.04. The summed E-state index contributed by atoms with van der Waals surface area (Å²) in [6.45, 7) is 0.922. The van der Waals surface area contributed by atoms with Gasteiger partial charge in [-0.25, -0.2) is 0 Å². The number of para-hydroxylation sites is 1. The number of carbonyl (C=O) groups is 2. The molecule has 19 heavy (non-hydrogen) atoms. The van der Waals surface area contributed by atoms with Crippen LogP contribution in [0.1, 0.15) is 19.3 Å². The largest absolute Gasteiger partial charge is 0.494 e. The normalized spacial score (nSPS) is 15.6. The van der Waals surface area contributed by atoms with E-state index in [1.807, 2.05) is 30.3 Å². The number of hydrogen-bond donors (Lipinski definition) is 2. The van der Waals surface area contributed by atoms with Crippen LogP contribution in [-0.4, -0.2) is 30.1 Å². The molecule has 2 N–H and O–H groups in total. The second-order valence-electron chi connectivity index (χ2n) is 4.66. The molecule has 102 valence electrons. The van der Waals surface area contributed by atoms with Crippen molar-refractivity contribution in [1.82, 2.24) is 5.32 Å². The number of nitrogens with one attached hydrogen (secondary N) is 1. The third-order valence-electron chi connectivity index (χ3n) is 3.21. The Balaban J connectivity index is 1.62. The number of carboxylic acids is 1. The minimum absolute atomic E-state index is 0.375. The van der Waals surface area contributed by atoms with E-state index in [1.54, 1.807) is 0 Å². The number of hydrogen-bond acceptors (Lipinski definition) is 3. The van der Waals surface area contributed by atoms with Crippen LogP contribution in [0.25, 0.3) is 0 Å². The van der Waals surface area contributed by atoms with E-state index in [0.29, 0.717) is 32.4 Å². The van der Waals surface area contributed by atoms with Crippen LogP contribution in [0.5, 0.6) is 5.75 Å². The van der Waals surface area contributed by atoms with Gasteiger partial charge < -0.3 is 15.2 Å². The predicted molar refractivity (Wildman–Crippen MR) is 68.9 cm³/mol. The number of carbonyl (C=O) groups excluding carboxylic acids is 1. The van der Waals surface area contributed by atoms with E-state index in [4.69, 9.17) is 9.84 Å². The zero-order chi connectivity index (χ0) is 13.7. The lowest BCUT2D eigenvalue weighted by molar-refractivity contribution is -0.149. The van der Waals surface area contributed by atoms with Gasteiger partial charge in [0.2, 0.25) is 5.91 Å². The monoisotopic (exact) mass is 263 g/mol. The molecule has 0 aromatic heterocycles. The van der Waals surface area contributed by atoms with Crippen molar-refractivity contribution in [1.29, 1.82) is 0 Å². The van der Waals surface area contributed by atoms with Gasteiger partial charge in [-0.05, 0) is 31.4 Å². The lowest BCUT2D eigenvalue weighted by Gasteiger charge is -2.11. The van der Waals surface area contributed by atoms with Crippen molar-refractivity contribution in [2.45, 2.75) is 19.3 Å². The van der Waals surface area contributed by atoms with Gasteiger partial charge in [0.05, 0.1) is 6.61 Å². The minimum atomic E-state index is -1.15. The molecule has 1 aliphatic rings. The molecule has 5 heteroatoms. The van der Waals surface area contributed by atoms with Crippen LogP contribution in [0.3, 0.4) is 0 Å². The van der Waals surface area contributed by atoms with E-state index in [0.717, 1.165) is 5.75 Å². The Bertz CT molecular complexity index is 454. The summed E-state index contributed by atoms with van der Waals surface area (Å²) in [6, 6.07) is 9.42. The Morgan fingerprint density at radius 3 is 2.53 bits per heavy atom. The molecule has 1 saturated carbocycles. The number of ether oxygens (including phenoxy) is 1. The van der Waals surface area contributed by atoms with Gasteiger partial charge in [0.15, 0.2) is 0 Å². The molecule has 0 unspecified atom stereocenters. The van der Waals surface area contributed by atoms with Crippen molar-refractivity contribution in [3.05, 3.63) is 30.3 Å². The molecule has 1 aromatic carbocycles. The Labute approximate surface area is 111 Å². The van der Waals surface area contributed by atoms with Crippen LogP contribution in [-0.2, 0) is 9.59 Å². The summed E-state index contributed by atoms with van der Waals surface area (Å²) < 4.78 is 5.47. The fourth-order valence-corrected chi connectivity index (χ4v) is 1.81. The van der Waals surface area contributed by atoms with Crippen LogP contribution in [0.4, 0.5) is 0 Å². The number of aliphatic carboxylic acids is 1. The number of rotatable bonds is 7. The third kappa shape index (κ3) is 3.24. The molecule has 2 rings (SSSR count). The van der Waals surface area contributed by atoms with Crippen LogP contribution < -0.4 is 10.1 Å². The molecule has 0 radical (unpaired) electrons. The van der Waals surface area contributed by atoms with Crippen LogP contribution in [0.15, 0.2) is 30.3 Å².